The molecule has 2 aromatic carbocycles. The van der Waals surface area contributed by atoms with E-state index in [1.54, 1.807) is 31.2 Å². The molecule has 9 heteroatoms. The number of carbonyl (C=O) groups is 2. The van der Waals surface area contributed by atoms with E-state index < -0.39 is 23.3 Å². The number of ether oxygens (including phenoxy) is 1. The van der Waals surface area contributed by atoms with Crippen LogP contribution in [-0.2, 0) is 17.8 Å². The number of fused-ring (bicyclic) bond motifs is 1. The third-order valence-electron chi connectivity index (χ3n) is 6.03. The number of aromatic nitrogens is 1. The lowest BCUT2D eigenvalue weighted by atomic mass is 9.97. The topological polar surface area (TPSA) is 101 Å². The summed E-state index contributed by atoms with van der Waals surface area (Å²) in [6, 6.07) is 10.1. The minimum atomic E-state index is -0.823. The van der Waals surface area contributed by atoms with Crippen LogP contribution in [0.5, 0.6) is 5.75 Å². The highest BCUT2D eigenvalue weighted by Crippen LogP contribution is 2.33. The van der Waals surface area contributed by atoms with Gasteiger partial charge in [-0.2, -0.15) is 5.26 Å². The highest BCUT2D eigenvalue weighted by Gasteiger charge is 2.26. The lowest BCUT2D eigenvalue weighted by Crippen LogP contribution is -2.30. The van der Waals surface area contributed by atoms with Crippen molar-refractivity contribution in [1.82, 2.24) is 9.88 Å². The summed E-state index contributed by atoms with van der Waals surface area (Å²) < 4.78 is 21.2. The van der Waals surface area contributed by atoms with Crippen molar-refractivity contribution in [3.63, 3.8) is 0 Å². The van der Waals surface area contributed by atoms with Gasteiger partial charge in [-0.25, -0.2) is 4.39 Å². The summed E-state index contributed by atoms with van der Waals surface area (Å²) in [7, 11) is 1.43. The molecule has 178 valence electrons. The molecular formula is C26H21ClFN3O4. The Morgan fingerprint density at radius 3 is 2.71 bits per heavy atom. The summed E-state index contributed by atoms with van der Waals surface area (Å²) in [4.78, 5) is 38.1. The van der Waals surface area contributed by atoms with Gasteiger partial charge in [0.05, 0.1) is 36.5 Å². The van der Waals surface area contributed by atoms with Gasteiger partial charge >= 0.3 is 0 Å². The Bertz CT molecular complexity index is 1460. The number of amides is 1. The number of pyridine rings is 1. The Morgan fingerprint density at radius 2 is 2.03 bits per heavy atom. The Hall–Kier alpha value is -3.96. The first-order valence-electron chi connectivity index (χ1n) is 10.9. The van der Waals surface area contributed by atoms with E-state index in [-0.39, 0.29) is 24.3 Å². The van der Waals surface area contributed by atoms with Crippen molar-refractivity contribution >= 4 is 23.3 Å². The molecule has 1 aromatic heterocycles. The smallest absolute Gasteiger partial charge is 0.254 e. The molecule has 3 aromatic rings. The molecule has 0 radical (unpaired) electrons. The SMILES string of the molecule is CCC(C(=O)Cc1cc(F)c2c(c1)CNC2=O)n1cc(OC)c(-c2cc(Cl)ccc2C#N)cc1=O. The van der Waals surface area contributed by atoms with Gasteiger partial charge in [0.15, 0.2) is 5.78 Å². The molecule has 35 heavy (non-hydrogen) atoms. The Kier molecular flexibility index (Phi) is 6.72. The van der Waals surface area contributed by atoms with Crippen LogP contribution < -0.4 is 15.6 Å². The first-order valence-corrected chi connectivity index (χ1v) is 11.3. The Balaban J connectivity index is 1.70. The number of hydrogen-bond acceptors (Lipinski definition) is 5. The number of rotatable bonds is 7. The number of ketones is 1. The second kappa shape index (κ2) is 9.72. The van der Waals surface area contributed by atoms with Crippen LogP contribution in [0.25, 0.3) is 11.1 Å². The zero-order chi connectivity index (χ0) is 25.3. The maximum Gasteiger partial charge on any atom is 0.254 e. The Labute approximate surface area is 205 Å². The van der Waals surface area contributed by atoms with Crippen LogP contribution in [0.15, 0.2) is 47.4 Å². The van der Waals surface area contributed by atoms with E-state index >= 15 is 0 Å². The maximum atomic E-state index is 14.4. The first-order chi connectivity index (χ1) is 16.8. The molecule has 0 fully saturated rings. The number of Topliss-reactive ketones (excluding diaryl/α,β-unsaturated/α-hetero) is 1. The zero-order valence-electron chi connectivity index (χ0n) is 19.0. The molecule has 0 bridgehead atoms. The van der Waals surface area contributed by atoms with E-state index in [1.807, 2.05) is 0 Å². The average Bonchev–Trinajstić information content (AvgIpc) is 3.21. The third-order valence-corrected chi connectivity index (χ3v) is 6.26. The van der Waals surface area contributed by atoms with Crippen molar-refractivity contribution in [1.29, 1.82) is 5.26 Å². The molecule has 1 N–H and O–H groups in total. The number of hydrogen-bond donors (Lipinski definition) is 1. The van der Waals surface area contributed by atoms with Crippen molar-refractivity contribution in [2.24, 2.45) is 0 Å². The molecule has 0 saturated heterocycles. The number of benzene rings is 2. The fourth-order valence-electron chi connectivity index (χ4n) is 4.37. The van der Waals surface area contributed by atoms with Gasteiger partial charge in [0.25, 0.3) is 11.5 Å². The van der Waals surface area contributed by atoms with E-state index in [9.17, 15) is 24.0 Å². The number of nitrogens with zero attached hydrogens (tertiary/aromatic N) is 2. The summed E-state index contributed by atoms with van der Waals surface area (Å²) in [5, 5.41) is 12.4. The van der Waals surface area contributed by atoms with Crippen LogP contribution in [0.2, 0.25) is 5.02 Å². The van der Waals surface area contributed by atoms with Gasteiger partial charge in [-0.3, -0.25) is 14.4 Å². The van der Waals surface area contributed by atoms with Gasteiger partial charge in [0.2, 0.25) is 0 Å². The summed E-state index contributed by atoms with van der Waals surface area (Å²) in [5.74, 6) is -1.14. The third kappa shape index (κ3) is 4.55. The number of nitriles is 1. The minimum Gasteiger partial charge on any atom is -0.495 e. The van der Waals surface area contributed by atoms with Crippen molar-refractivity contribution in [2.45, 2.75) is 32.4 Å². The van der Waals surface area contributed by atoms with Gasteiger partial charge in [-0.15, -0.1) is 0 Å². The highest BCUT2D eigenvalue weighted by atomic mass is 35.5. The average molecular weight is 494 g/mol. The van der Waals surface area contributed by atoms with Gasteiger partial charge < -0.3 is 14.6 Å². The molecule has 1 aliphatic rings. The number of halogens is 2. The fraction of sp³-hybridized carbons (Fsp3) is 0.231. The first kappa shape index (κ1) is 24.2. The standard InChI is InChI=1S/C26H21ClFN3O4/c1-3-21(22(32)8-14-6-16-12-30-26(34)25(16)20(28)7-14)31-13-23(35-2)19(10-24(31)33)18-9-17(27)5-4-15(18)11-29/h4-7,9-10,13,21H,3,8,12H2,1-2H3,(H,30,34). The van der Waals surface area contributed by atoms with Crippen molar-refractivity contribution in [3.8, 4) is 22.9 Å². The molecular weight excluding hydrogens is 473 g/mol. The molecule has 7 nitrogen and oxygen atoms in total. The van der Waals surface area contributed by atoms with E-state index in [4.69, 9.17) is 16.3 Å². The maximum absolute atomic E-state index is 14.4. The van der Waals surface area contributed by atoms with Gasteiger partial charge in [0, 0.05) is 35.2 Å². The van der Waals surface area contributed by atoms with Crippen LogP contribution >= 0.6 is 11.6 Å². The molecule has 1 unspecified atom stereocenters. The molecule has 0 aliphatic carbocycles. The number of methoxy groups -OCH3 is 1. The second-order valence-corrected chi connectivity index (χ2v) is 8.60. The monoisotopic (exact) mass is 493 g/mol. The van der Waals surface area contributed by atoms with Crippen LogP contribution in [-0.4, -0.2) is 23.4 Å². The molecule has 0 saturated carbocycles. The summed E-state index contributed by atoms with van der Waals surface area (Å²) in [6.45, 7) is 1.97. The quantitative estimate of drug-likeness (QED) is 0.531. The van der Waals surface area contributed by atoms with E-state index in [0.717, 1.165) is 0 Å². The largest absolute Gasteiger partial charge is 0.495 e. The zero-order valence-corrected chi connectivity index (χ0v) is 19.8. The molecule has 1 amide bonds. The molecule has 2 heterocycles. The lowest BCUT2D eigenvalue weighted by Gasteiger charge is -2.20. The summed E-state index contributed by atoms with van der Waals surface area (Å²) in [5.41, 5.74) is 1.62. The molecule has 4 rings (SSSR count). The predicted molar refractivity (Wildman–Crippen MR) is 128 cm³/mol. The number of carbonyl (C=O) groups excluding carboxylic acids is 2. The van der Waals surface area contributed by atoms with Crippen molar-refractivity contribution in [2.75, 3.05) is 7.11 Å². The predicted octanol–water partition coefficient (Wildman–Crippen LogP) is 4.19. The normalized spacial score (nSPS) is 13.1. The second-order valence-electron chi connectivity index (χ2n) is 8.16. The van der Waals surface area contributed by atoms with E-state index in [1.165, 1.54) is 30.0 Å². The Morgan fingerprint density at radius 1 is 1.26 bits per heavy atom. The van der Waals surface area contributed by atoms with Crippen LogP contribution in [0, 0.1) is 17.1 Å². The van der Waals surface area contributed by atoms with Gasteiger partial charge in [-0.1, -0.05) is 24.6 Å². The van der Waals surface area contributed by atoms with Crippen molar-refractivity contribution in [3.05, 3.63) is 86.0 Å². The highest BCUT2D eigenvalue weighted by molar-refractivity contribution is 6.31. The van der Waals surface area contributed by atoms with Crippen LogP contribution in [0.1, 0.15) is 46.4 Å². The lowest BCUT2D eigenvalue weighted by molar-refractivity contribution is -0.121. The van der Waals surface area contributed by atoms with Crippen molar-refractivity contribution < 1.29 is 18.7 Å². The van der Waals surface area contributed by atoms with Gasteiger partial charge in [0.1, 0.15) is 11.6 Å². The van der Waals surface area contributed by atoms with Gasteiger partial charge in [-0.05, 0) is 41.8 Å². The fourth-order valence-corrected chi connectivity index (χ4v) is 4.54. The van der Waals surface area contributed by atoms with Crippen LogP contribution in [0.3, 0.4) is 0 Å². The number of nitrogens with one attached hydrogen (secondary N) is 1. The van der Waals surface area contributed by atoms with E-state index in [2.05, 4.69) is 11.4 Å². The molecule has 0 spiro atoms. The van der Waals surface area contributed by atoms with Crippen LogP contribution in [0.4, 0.5) is 4.39 Å². The summed E-state index contributed by atoms with van der Waals surface area (Å²) in [6.07, 6.45) is 1.65. The molecule has 1 atom stereocenters. The summed E-state index contributed by atoms with van der Waals surface area (Å²) >= 11 is 6.11. The minimum absolute atomic E-state index is 0.00235. The molecule has 1 aliphatic heterocycles. The van der Waals surface area contributed by atoms with E-state index in [0.29, 0.717) is 45.0 Å².